The number of amides is 3. The second-order valence-electron chi connectivity index (χ2n) is 7.02. The van der Waals surface area contributed by atoms with Crippen LogP contribution in [0.25, 0.3) is 0 Å². The molecule has 0 saturated carbocycles. The smallest absolute Gasteiger partial charge is 0.408 e. The van der Waals surface area contributed by atoms with Crippen LogP contribution in [0.2, 0.25) is 5.02 Å². The highest BCUT2D eigenvalue weighted by atomic mass is 35.5. The summed E-state index contributed by atoms with van der Waals surface area (Å²) in [4.78, 5) is 52.8. The molecule has 146 valence electrons. The van der Waals surface area contributed by atoms with Crippen molar-refractivity contribution in [2.45, 2.75) is 51.7 Å². The number of hydroxylamine groups is 2. The van der Waals surface area contributed by atoms with E-state index in [4.69, 9.17) is 21.2 Å². The summed E-state index contributed by atoms with van der Waals surface area (Å²) in [6, 6.07) is 5.49. The number of hydrogen-bond donors (Lipinski definition) is 1. The van der Waals surface area contributed by atoms with Gasteiger partial charge in [0.05, 0.1) is 0 Å². The number of hydrogen-bond acceptors (Lipinski definition) is 6. The Morgan fingerprint density at radius 2 is 1.70 bits per heavy atom. The lowest BCUT2D eigenvalue weighted by Gasteiger charge is -2.23. The monoisotopic (exact) mass is 396 g/mol. The molecule has 27 heavy (non-hydrogen) atoms. The molecule has 1 N–H and O–H groups in total. The third kappa shape index (κ3) is 6.25. The summed E-state index contributed by atoms with van der Waals surface area (Å²) in [5.74, 6) is -2.15. The summed E-state index contributed by atoms with van der Waals surface area (Å²) in [5, 5.41) is 3.38. The van der Waals surface area contributed by atoms with Gasteiger partial charge in [0.1, 0.15) is 11.6 Å². The Hall–Kier alpha value is -2.61. The molecule has 0 aromatic heterocycles. The summed E-state index contributed by atoms with van der Waals surface area (Å²) in [6.07, 6.45) is -0.802. The Labute approximate surface area is 161 Å². The fraction of sp³-hybridized carbons (Fsp3) is 0.444. The largest absolute Gasteiger partial charge is 0.444 e. The predicted molar refractivity (Wildman–Crippen MR) is 95.5 cm³/mol. The lowest BCUT2D eigenvalue weighted by Crippen LogP contribution is -2.48. The first-order valence-corrected chi connectivity index (χ1v) is 8.74. The van der Waals surface area contributed by atoms with Crippen molar-refractivity contribution in [3.8, 4) is 0 Å². The molecule has 0 radical (unpaired) electrons. The third-order valence-electron chi connectivity index (χ3n) is 3.52. The van der Waals surface area contributed by atoms with Gasteiger partial charge in [0.2, 0.25) is 0 Å². The topological polar surface area (TPSA) is 102 Å². The van der Waals surface area contributed by atoms with Gasteiger partial charge in [-0.15, -0.1) is 5.06 Å². The molecule has 1 saturated heterocycles. The van der Waals surface area contributed by atoms with Crippen molar-refractivity contribution in [3.05, 3.63) is 34.9 Å². The molecule has 2 rings (SSSR count). The van der Waals surface area contributed by atoms with E-state index >= 15 is 0 Å². The maximum atomic E-state index is 12.5. The quantitative estimate of drug-likeness (QED) is 0.766. The number of imide groups is 1. The van der Waals surface area contributed by atoms with Gasteiger partial charge in [0.15, 0.2) is 0 Å². The second kappa shape index (κ2) is 8.39. The molecule has 1 fully saturated rings. The van der Waals surface area contributed by atoms with Crippen LogP contribution in [-0.2, 0) is 30.4 Å². The molecule has 9 heteroatoms. The number of carbonyl (C=O) groups excluding carboxylic acids is 4. The highest BCUT2D eigenvalue weighted by Crippen LogP contribution is 2.16. The molecule has 1 atom stereocenters. The van der Waals surface area contributed by atoms with Crippen molar-refractivity contribution in [3.63, 3.8) is 0 Å². The van der Waals surface area contributed by atoms with Crippen molar-refractivity contribution in [1.29, 1.82) is 0 Å². The highest BCUT2D eigenvalue weighted by Gasteiger charge is 2.35. The lowest BCUT2D eigenvalue weighted by atomic mass is 10.1. The van der Waals surface area contributed by atoms with E-state index in [-0.39, 0.29) is 19.3 Å². The SMILES string of the molecule is CC(C)(C)OC(=O)N[C@@H](Cc1ccc(Cl)cc1)C(=O)ON1C(=O)CCC1=O. The molecule has 1 aromatic carbocycles. The summed E-state index contributed by atoms with van der Waals surface area (Å²) >= 11 is 5.85. The van der Waals surface area contributed by atoms with Gasteiger partial charge in [-0.05, 0) is 38.5 Å². The van der Waals surface area contributed by atoms with Gasteiger partial charge in [0.25, 0.3) is 11.8 Å². The summed E-state index contributed by atoms with van der Waals surface area (Å²) < 4.78 is 5.16. The van der Waals surface area contributed by atoms with Gasteiger partial charge in [0, 0.05) is 24.3 Å². The molecule has 1 aliphatic rings. The minimum absolute atomic E-state index is 0.0204. The lowest BCUT2D eigenvalue weighted by molar-refractivity contribution is -0.198. The van der Waals surface area contributed by atoms with Gasteiger partial charge in [-0.1, -0.05) is 23.7 Å². The van der Waals surface area contributed by atoms with Crippen LogP contribution in [0.1, 0.15) is 39.2 Å². The zero-order chi connectivity index (χ0) is 20.2. The normalized spacial score (nSPS) is 15.5. The Morgan fingerprint density at radius 3 is 2.22 bits per heavy atom. The minimum atomic E-state index is -1.16. The van der Waals surface area contributed by atoms with E-state index in [2.05, 4.69) is 5.32 Å². The average Bonchev–Trinajstić information content (AvgIpc) is 2.86. The second-order valence-corrected chi connectivity index (χ2v) is 7.46. The Kier molecular flexibility index (Phi) is 6.43. The van der Waals surface area contributed by atoms with E-state index in [1.807, 2.05) is 0 Å². The van der Waals surface area contributed by atoms with Crippen LogP contribution in [-0.4, -0.2) is 40.6 Å². The van der Waals surface area contributed by atoms with Crippen molar-refractivity contribution < 1.29 is 28.8 Å². The minimum Gasteiger partial charge on any atom is -0.444 e. The van der Waals surface area contributed by atoms with E-state index in [0.717, 1.165) is 0 Å². The third-order valence-corrected chi connectivity index (χ3v) is 3.77. The fourth-order valence-corrected chi connectivity index (χ4v) is 2.44. The first kappa shape index (κ1) is 20.7. The molecule has 0 spiro atoms. The first-order valence-electron chi connectivity index (χ1n) is 8.37. The van der Waals surface area contributed by atoms with Crippen molar-refractivity contribution in [1.82, 2.24) is 10.4 Å². The van der Waals surface area contributed by atoms with Crippen LogP contribution in [0.5, 0.6) is 0 Å². The fourth-order valence-electron chi connectivity index (χ4n) is 2.31. The van der Waals surface area contributed by atoms with Crippen LogP contribution in [0.3, 0.4) is 0 Å². The van der Waals surface area contributed by atoms with Gasteiger partial charge < -0.3 is 14.9 Å². The van der Waals surface area contributed by atoms with Crippen LogP contribution in [0, 0.1) is 0 Å². The number of alkyl carbamates (subject to hydrolysis) is 1. The van der Waals surface area contributed by atoms with Crippen molar-refractivity contribution >= 4 is 35.5 Å². The zero-order valence-electron chi connectivity index (χ0n) is 15.3. The molecule has 1 aliphatic heterocycles. The standard InChI is InChI=1S/C18H21ClN2O6/c1-18(2,3)26-17(25)20-13(10-11-4-6-12(19)7-5-11)16(24)27-21-14(22)8-9-15(21)23/h4-7,13H,8-10H2,1-3H3,(H,20,25)/t13-/m0/s1. The Morgan fingerprint density at radius 1 is 1.15 bits per heavy atom. The summed E-state index contributed by atoms with van der Waals surface area (Å²) in [5.41, 5.74) is -0.0730. The first-order chi connectivity index (χ1) is 12.5. The number of nitrogens with zero attached hydrogens (tertiary/aromatic N) is 1. The maximum Gasteiger partial charge on any atom is 0.408 e. The van der Waals surface area contributed by atoms with Crippen molar-refractivity contribution in [2.24, 2.45) is 0 Å². The molecule has 8 nitrogen and oxygen atoms in total. The van der Waals surface area contributed by atoms with Crippen LogP contribution < -0.4 is 5.32 Å². The zero-order valence-corrected chi connectivity index (χ0v) is 16.0. The van der Waals surface area contributed by atoms with E-state index in [0.29, 0.717) is 15.6 Å². The molecule has 1 heterocycles. The average molecular weight is 397 g/mol. The van der Waals surface area contributed by atoms with Crippen LogP contribution >= 0.6 is 11.6 Å². The van der Waals surface area contributed by atoms with Crippen LogP contribution in [0.4, 0.5) is 4.79 Å². The summed E-state index contributed by atoms with van der Waals surface area (Å²) in [7, 11) is 0. The van der Waals surface area contributed by atoms with Crippen molar-refractivity contribution in [2.75, 3.05) is 0 Å². The highest BCUT2D eigenvalue weighted by molar-refractivity contribution is 6.30. The van der Waals surface area contributed by atoms with Gasteiger partial charge in [-0.3, -0.25) is 9.59 Å². The van der Waals surface area contributed by atoms with Crippen LogP contribution in [0.15, 0.2) is 24.3 Å². The Balaban J connectivity index is 2.13. The van der Waals surface area contributed by atoms with E-state index in [1.165, 1.54) is 0 Å². The van der Waals surface area contributed by atoms with E-state index in [9.17, 15) is 19.2 Å². The van der Waals surface area contributed by atoms with Gasteiger partial charge in [-0.2, -0.15) is 0 Å². The molecular weight excluding hydrogens is 376 g/mol. The van der Waals surface area contributed by atoms with E-state index in [1.54, 1.807) is 45.0 Å². The molecule has 3 amide bonds. The number of nitrogens with one attached hydrogen (secondary N) is 1. The summed E-state index contributed by atoms with van der Waals surface area (Å²) in [6.45, 7) is 5.04. The number of halogens is 1. The predicted octanol–water partition coefficient (Wildman–Crippen LogP) is 2.38. The molecule has 1 aromatic rings. The number of rotatable bonds is 5. The van der Waals surface area contributed by atoms with E-state index < -0.39 is 35.5 Å². The number of carbonyl (C=O) groups is 4. The molecule has 0 bridgehead atoms. The Bertz CT molecular complexity index is 725. The molecule has 0 unspecified atom stereocenters. The van der Waals surface area contributed by atoms with Gasteiger partial charge in [-0.25, -0.2) is 9.59 Å². The molecule has 0 aliphatic carbocycles. The maximum absolute atomic E-state index is 12.5. The van der Waals surface area contributed by atoms with Gasteiger partial charge >= 0.3 is 12.1 Å². The molecular formula is C18H21ClN2O6. The number of benzene rings is 1. The number of ether oxygens (including phenoxy) is 1.